The van der Waals surface area contributed by atoms with Gasteiger partial charge in [-0.3, -0.25) is 0 Å². The highest BCUT2D eigenvalue weighted by molar-refractivity contribution is 5.66. The molecule has 0 amide bonds. The molecular formula is C27H45O4-. The van der Waals surface area contributed by atoms with Crippen molar-refractivity contribution in [1.82, 2.24) is 0 Å². The highest BCUT2D eigenvalue weighted by Crippen LogP contribution is 2.68. The predicted molar refractivity (Wildman–Crippen MR) is 120 cm³/mol. The van der Waals surface area contributed by atoms with Gasteiger partial charge in [0.15, 0.2) is 0 Å². The van der Waals surface area contributed by atoms with Crippen LogP contribution in [0.2, 0.25) is 0 Å². The average Bonchev–Trinajstić information content (AvgIpc) is 3.06. The fourth-order valence-electron chi connectivity index (χ4n) is 9.24. The van der Waals surface area contributed by atoms with Gasteiger partial charge in [-0.05, 0) is 110 Å². The largest absolute Gasteiger partial charge is 0.550 e. The lowest BCUT2D eigenvalue weighted by Gasteiger charge is -2.62. The van der Waals surface area contributed by atoms with E-state index < -0.39 is 5.97 Å². The minimum atomic E-state index is -0.924. The topological polar surface area (TPSA) is 80.6 Å². The van der Waals surface area contributed by atoms with Crippen LogP contribution < -0.4 is 5.11 Å². The maximum atomic E-state index is 11.3. The summed E-state index contributed by atoms with van der Waals surface area (Å²) in [5.41, 5.74) is 0.591. The third-order valence-corrected chi connectivity index (χ3v) is 11.1. The van der Waals surface area contributed by atoms with Crippen LogP contribution in [0.25, 0.3) is 0 Å². The molecule has 4 aliphatic rings. The molecule has 31 heavy (non-hydrogen) atoms. The van der Waals surface area contributed by atoms with Crippen molar-refractivity contribution in [3.8, 4) is 0 Å². The highest BCUT2D eigenvalue weighted by atomic mass is 16.4. The number of aliphatic hydroxyl groups is 2. The van der Waals surface area contributed by atoms with E-state index in [2.05, 4.69) is 20.8 Å². The van der Waals surface area contributed by atoms with Crippen molar-refractivity contribution >= 4 is 5.97 Å². The minimum Gasteiger partial charge on any atom is -0.550 e. The maximum absolute atomic E-state index is 11.3. The Bertz CT molecular complexity index is 664. The molecule has 0 saturated heterocycles. The Morgan fingerprint density at radius 2 is 1.65 bits per heavy atom. The molecular weight excluding hydrogens is 388 g/mol. The van der Waals surface area contributed by atoms with Gasteiger partial charge < -0.3 is 20.1 Å². The molecule has 0 aliphatic heterocycles. The van der Waals surface area contributed by atoms with Crippen LogP contribution in [0.15, 0.2) is 0 Å². The van der Waals surface area contributed by atoms with Gasteiger partial charge in [0.05, 0.1) is 12.2 Å². The van der Waals surface area contributed by atoms with Crippen LogP contribution in [-0.2, 0) is 4.79 Å². The summed E-state index contributed by atoms with van der Waals surface area (Å²) < 4.78 is 0. The first-order valence-corrected chi connectivity index (χ1v) is 13.1. The van der Waals surface area contributed by atoms with Gasteiger partial charge in [0.1, 0.15) is 0 Å². The number of carboxylic acid groups (broad SMARTS) is 1. The molecule has 11 atom stereocenters. The fourth-order valence-corrected chi connectivity index (χ4v) is 9.24. The Morgan fingerprint density at radius 1 is 0.968 bits per heavy atom. The Morgan fingerprint density at radius 3 is 2.35 bits per heavy atom. The zero-order valence-corrected chi connectivity index (χ0v) is 20.2. The van der Waals surface area contributed by atoms with Crippen molar-refractivity contribution in [2.45, 2.75) is 111 Å². The number of fused-ring (bicyclic) bond motifs is 5. The molecule has 1 unspecified atom stereocenters. The Labute approximate surface area is 189 Å². The van der Waals surface area contributed by atoms with Gasteiger partial charge in [-0.15, -0.1) is 0 Å². The summed E-state index contributed by atoms with van der Waals surface area (Å²) in [6.07, 6.45) is 11.2. The summed E-state index contributed by atoms with van der Waals surface area (Å²) in [5, 5.41) is 32.6. The normalized spacial score (nSPS) is 48.9. The van der Waals surface area contributed by atoms with Crippen molar-refractivity contribution in [2.75, 3.05) is 0 Å². The van der Waals surface area contributed by atoms with Crippen LogP contribution in [0.3, 0.4) is 0 Å². The SMILES string of the molecule is CC(CCC[C@@H](C)[C@H]1CC[C@H]2[C@@H]3[C@H](O)C[C@@H]4C[C@H](O)CC[C@]4(C)[C@H]3CC[C@]12C)C(=O)[O-]. The molecule has 0 aromatic carbocycles. The van der Waals surface area contributed by atoms with Gasteiger partial charge in [-0.2, -0.15) is 0 Å². The van der Waals surface area contributed by atoms with Crippen molar-refractivity contribution in [3.05, 3.63) is 0 Å². The fraction of sp³-hybridized carbons (Fsp3) is 0.963. The van der Waals surface area contributed by atoms with E-state index >= 15 is 0 Å². The molecule has 0 aromatic heterocycles. The summed E-state index contributed by atoms with van der Waals surface area (Å²) in [6.45, 7) is 9.13. The number of hydrogen-bond donors (Lipinski definition) is 2. The molecule has 4 nitrogen and oxygen atoms in total. The smallest absolute Gasteiger partial charge is 0.0577 e. The van der Waals surface area contributed by atoms with E-state index in [1.54, 1.807) is 6.92 Å². The highest BCUT2D eigenvalue weighted by Gasteiger charge is 2.62. The molecule has 0 radical (unpaired) electrons. The van der Waals surface area contributed by atoms with E-state index in [0.717, 1.165) is 38.5 Å². The van der Waals surface area contributed by atoms with E-state index in [1.807, 2.05) is 0 Å². The summed E-state index contributed by atoms with van der Waals surface area (Å²) in [6, 6.07) is 0. The second-order valence-corrected chi connectivity index (χ2v) is 12.6. The standard InChI is InChI=1S/C27H46O4/c1-16(6-5-7-17(2)25(30)31)20-8-9-21-24-22(11-13-27(20,21)4)26(3)12-10-19(28)14-18(26)15-23(24)29/h16-24,28-29H,5-15H2,1-4H3,(H,30,31)/p-1/t16-,17?,18+,19-,20-,21+,22+,23-,24+,26+,27-/m1/s1. The van der Waals surface area contributed by atoms with E-state index in [9.17, 15) is 20.1 Å². The van der Waals surface area contributed by atoms with Crippen LogP contribution in [0.1, 0.15) is 98.3 Å². The first-order valence-electron chi connectivity index (χ1n) is 13.1. The molecule has 4 rings (SSSR count). The van der Waals surface area contributed by atoms with Gasteiger partial charge in [0.25, 0.3) is 0 Å². The second kappa shape index (κ2) is 8.63. The Balaban J connectivity index is 1.46. The third kappa shape index (κ3) is 3.98. The van der Waals surface area contributed by atoms with E-state index in [1.165, 1.54) is 25.7 Å². The van der Waals surface area contributed by atoms with Crippen molar-refractivity contribution in [3.63, 3.8) is 0 Å². The molecule has 4 fully saturated rings. The lowest BCUT2D eigenvalue weighted by molar-refractivity contribution is -0.311. The maximum Gasteiger partial charge on any atom is 0.0577 e. The molecule has 0 bridgehead atoms. The van der Waals surface area contributed by atoms with Crippen LogP contribution in [0.5, 0.6) is 0 Å². The number of aliphatic carboxylic acids is 1. The first-order chi connectivity index (χ1) is 14.6. The third-order valence-electron chi connectivity index (χ3n) is 11.1. The van der Waals surface area contributed by atoms with Gasteiger partial charge >= 0.3 is 0 Å². The molecule has 0 heterocycles. The van der Waals surface area contributed by atoms with Crippen molar-refractivity contribution in [1.29, 1.82) is 0 Å². The molecule has 4 saturated carbocycles. The van der Waals surface area contributed by atoms with E-state index in [4.69, 9.17) is 0 Å². The number of carboxylic acids is 1. The molecule has 2 N–H and O–H groups in total. The van der Waals surface area contributed by atoms with Gasteiger partial charge in [-0.1, -0.05) is 40.5 Å². The number of rotatable bonds is 6. The van der Waals surface area contributed by atoms with Crippen molar-refractivity contribution < 1.29 is 20.1 Å². The number of hydrogen-bond acceptors (Lipinski definition) is 4. The lowest BCUT2D eigenvalue weighted by atomic mass is 9.43. The summed E-state index contributed by atoms with van der Waals surface area (Å²) >= 11 is 0. The first kappa shape index (κ1) is 23.5. The molecule has 4 heteroatoms. The van der Waals surface area contributed by atoms with Gasteiger partial charge in [0, 0.05) is 5.97 Å². The van der Waals surface area contributed by atoms with Crippen LogP contribution in [-0.4, -0.2) is 28.4 Å². The Kier molecular flexibility index (Phi) is 6.55. The predicted octanol–water partition coefficient (Wildman–Crippen LogP) is 4.17. The lowest BCUT2D eigenvalue weighted by Crippen LogP contribution is -2.58. The second-order valence-electron chi connectivity index (χ2n) is 12.6. The quantitative estimate of drug-likeness (QED) is 0.659. The average molecular weight is 434 g/mol. The summed E-state index contributed by atoms with van der Waals surface area (Å²) in [5.74, 6) is 2.12. The number of carbonyl (C=O) groups excluding carboxylic acids is 1. The Hall–Kier alpha value is -0.610. The number of carbonyl (C=O) groups is 1. The molecule has 4 aliphatic carbocycles. The molecule has 0 spiro atoms. The van der Waals surface area contributed by atoms with Crippen LogP contribution in [0, 0.1) is 52.3 Å². The summed E-state index contributed by atoms with van der Waals surface area (Å²) in [4.78, 5) is 11.0. The summed E-state index contributed by atoms with van der Waals surface area (Å²) in [7, 11) is 0. The van der Waals surface area contributed by atoms with E-state index in [-0.39, 0.29) is 23.5 Å². The van der Waals surface area contributed by atoms with E-state index in [0.29, 0.717) is 47.3 Å². The van der Waals surface area contributed by atoms with Crippen LogP contribution in [0.4, 0.5) is 0 Å². The zero-order valence-electron chi connectivity index (χ0n) is 20.2. The monoisotopic (exact) mass is 433 g/mol. The minimum absolute atomic E-state index is 0.174. The van der Waals surface area contributed by atoms with Gasteiger partial charge in [0.2, 0.25) is 0 Å². The van der Waals surface area contributed by atoms with Gasteiger partial charge in [-0.25, -0.2) is 0 Å². The zero-order chi connectivity index (χ0) is 22.6. The van der Waals surface area contributed by atoms with Crippen LogP contribution >= 0.6 is 0 Å². The molecule has 178 valence electrons. The number of aliphatic hydroxyl groups excluding tert-OH is 2. The van der Waals surface area contributed by atoms with Crippen molar-refractivity contribution in [2.24, 2.45) is 52.3 Å². The molecule has 0 aromatic rings.